The molecule has 7 heteroatoms. The van der Waals surface area contributed by atoms with Crippen molar-refractivity contribution in [2.45, 2.75) is 13.5 Å². The van der Waals surface area contributed by atoms with Gasteiger partial charge in [0.25, 0.3) is 0 Å². The summed E-state index contributed by atoms with van der Waals surface area (Å²) in [6, 6.07) is 5.56. The Balaban J connectivity index is 2.56. The number of benzene rings is 1. The second kappa shape index (κ2) is 7.71. The summed E-state index contributed by atoms with van der Waals surface area (Å²) >= 11 is 11.7. The Hall–Kier alpha value is -0.440. The highest BCUT2D eigenvalue weighted by Crippen LogP contribution is 2.31. The van der Waals surface area contributed by atoms with E-state index >= 15 is 0 Å². The highest BCUT2D eigenvalue weighted by molar-refractivity contribution is 14.1. The zero-order chi connectivity index (χ0) is 15.4. The predicted octanol–water partition coefficient (Wildman–Crippen LogP) is 4.74. The zero-order valence-electron chi connectivity index (χ0n) is 11.6. The Bertz CT molecular complexity index is 627. The van der Waals surface area contributed by atoms with Gasteiger partial charge in [0.2, 0.25) is 0 Å². The van der Waals surface area contributed by atoms with E-state index in [4.69, 9.17) is 16.3 Å². The Morgan fingerprint density at radius 2 is 2.14 bits per heavy atom. The third-order valence-corrected chi connectivity index (χ3v) is 4.74. The second-order valence-corrected chi connectivity index (χ2v) is 6.61. The van der Waals surface area contributed by atoms with Crippen LogP contribution in [-0.4, -0.2) is 23.6 Å². The van der Waals surface area contributed by atoms with Crippen molar-refractivity contribution in [3.63, 3.8) is 0 Å². The van der Waals surface area contributed by atoms with Gasteiger partial charge in [-0.1, -0.05) is 11.6 Å². The number of nitrogens with zero attached hydrogens (tertiary/aromatic N) is 2. The van der Waals surface area contributed by atoms with E-state index in [9.17, 15) is 0 Å². The fourth-order valence-corrected chi connectivity index (χ4v) is 3.25. The van der Waals surface area contributed by atoms with Crippen LogP contribution in [0.25, 0.3) is 11.4 Å². The number of aromatic nitrogens is 2. The van der Waals surface area contributed by atoms with Gasteiger partial charge < -0.3 is 10.1 Å². The molecule has 112 valence electrons. The average molecular weight is 483 g/mol. The normalized spacial score (nSPS) is 10.7. The van der Waals surface area contributed by atoms with Gasteiger partial charge in [0.15, 0.2) is 5.82 Å². The Labute approximate surface area is 150 Å². The van der Waals surface area contributed by atoms with E-state index in [-0.39, 0.29) is 0 Å². The maximum absolute atomic E-state index is 5.99. The number of anilines is 1. The smallest absolute Gasteiger partial charge is 0.163 e. The highest BCUT2D eigenvalue weighted by atomic mass is 127. The molecule has 21 heavy (non-hydrogen) atoms. The van der Waals surface area contributed by atoms with E-state index in [0.717, 1.165) is 31.7 Å². The largest absolute Gasteiger partial charge is 0.378 e. The summed E-state index contributed by atoms with van der Waals surface area (Å²) in [6.07, 6.45) is 0. The van der Waals surface area contributed by atoms with Gasteiger partial charge in [-0.3, -0.25) is 0 Å². The molecular formula is C14H14BrClIN3O. The van der Waals surface area contributed by atoms with Gasteiger partial charge in [0.05, 0.1) is 15.9 Å². The molecule has 0 aliphatic heterocycles. The zero-order valence-corrected chi connectivity index (χ0v) is 16.1. The van der Waals surface area contributed by atoms with Crippen LogP contribution >= 0.6 is 50.1 Å². The summed E-state index contributed by atoms with van der Waals surface area (Å²) in [6.45, 7) is 3.27. The van der Waals surface area contributed by atoms with Crippen LogP contribution in [0.5, 0.6) is 0 Å². The number of rotatable bonds is 5. The predicted molar refractivity (Wildman–Crippen MR) is 97.8 cm³/mol. The lowest BCUT2D eigenvalue weighted by atomic mass is 10.2. The minimum Gasteiger partial charge on any atom is -0.378 e. The first kappa shape index (κ1) is 16.9. The van der Waals surface area contributed by atoms with Crippen molar-refractivity contribution in [2.75, 3.05) is 19.0 Å². The number of halogens is 3. The van der Waals surface area contributed by atoms with Crippen LogP contribution in [-0.2, 0) is 11.3 Å². The topological polar surface area (TPSA) is 47.0 Å². The van der Waals surface area contributed by atoms with Crippen LogP contribution < -0.4 is 5.32 Å². The molecule has 0 amide bonds. The minimum absolute atomic E-state index is 0.442. The molecule has 0 unspecified atom stereocenters. The molecular weight excluding hydrogens is 468 g/mol. The Morgan fingerprint density at radius 3 is 2.76 bits per heavy atom. The maximum Gasteiger partial charge on any atom is 0.163 e. The van der Waals surface area contributed by atoms with Gasteiger partial charge in [0.1, 0.15) is 5.82 Å². The van der Waals surface area contributed by atoms with Crippen LogP contribution in [0.2, 0.25) is 5.02 Å². The van der Waals surface area contributed by atoms with E-state index in [0.29, 0.717) is 17.5 Å². The summed E-state index contributed by atoms with van der Waals surface area (Å²) in [7, 11) is 1.66. The third-order valence-electron chi connectivity index (χ3n) is 2.72. The maximum atomic E-state index is 5.99. The first-order chi connectivity index (χ1) is 10.1. The molecule has 0 aliphatic carbocycles. The standard InChI is InChI=1S/C14H14BrClIN3O/c1-3-18-14-12(17)11(7-21-2)19-13(20-14)9-5-4-8(16)6-10(9)15/h4-6H,3,7H2,1-2H3,(H,18,19,20). The quantitative estimate of drug-likeness (QED) is 0.626. The fraction of sp³-hybridized carbons (Fsp3) is 0.286. The van der Waals surface area contributed by atoms with Crippen LogP contribution in [0.3, 0.4) is 0 Å². The number of ether oxygens (including phenoxy) is 1. The third kappa shape index (κ3) is 4.06. The molecule has 1 aromatic heterocycles. The first-order valence-electron chi connectivity index (χ1n) is 6.31. The van der Waals surface area contributed by atoms with Crippen LogP contribution in [0.4, 0.5) is 5.82 Å². The lowest BCUT2D eigenvalue weighted by molar-refractivity contribution is 0.181. The van der Waals surface area contributed by atoms with E-state index in [1.165, 1.54) is 0 Å². The SMILES string of the molecule is CCNc1nc(-c2ccc(Cl)cc2Br)nc(COC)c1I. The summed E-state index contributed by atoms with van der Waals surface area (Å²) in [5.41, 5.74) is 1.76. The molecule has 0 radical (unpaired) electrons. The molecule has 2 aromatic rings. The molecule has 0 saturated carbocycles. The highest BCUT2D eigenvalue weighted by Gasteiger charge is 2.15. The van der Waals surface area contributed by atoms with Gasteiger partial charge in [-0.05, 0) is 63.6 Å². The number of hydrogen-bond acceptors (Lipinski definition) is 4. The molecule has 0 fully saturated rings. The van der Waals surface area contributed by atoms with Gasteiger partial charge in [0, 0.05) is 28.7 Å². The molecule has 0 saturated heterocycles. The van der Waals surface area contributed by atoms with E-state index in [1.54, 1.807) is 7.11 Å². The molecule has 2 rings (SSSR count). The Morgan fingerprint density at radius 1 is 1.38 bits per heavy atom. The molecule has 1 N–H and O–H groups in total. The van der Waals surface area contributed by atoms with Crippen molar-refractivity contribution in [3.8, 4) is 11.4 Å². The van der Waals surface area contributed by atoms with Gasteiger partial charge in [-0.2, -0.15) is 0 Å². The van der Waals surface area contributed by atoms with Gasteiger partial charge in [-0.15, -0.1) is 0 Å². The van der Waals surface area contributed by atoms with Crippen molar-refractivity contribution in [2.24, 2.45) is 0 Å². The Kier molecular flexibility index (Phi) is 6.21. The average Bonchev–Trinajstić information content (AvgIpc) is 2.43. The number of nitrogens with one attached hydrogen (secondary N) is 1. The first-order valence-corrected chi connectivity index (χ1v) is 8.56. The fourth-order valence-electron chi connectivity index (χ4n) is 1.80. The van der Waals surface area contributed by atoms with Gasteiger partial charge >= 0.3 is 0 Å². The van der Waals surface area contributed by atoms with E-state index < -0.39 is 0 Å². The van der Waals surface area contributed by atoms with Crippen molar-refractivity contribution in [1.29, 1.82) is 0 Å². The number of hydrogen-bond donors (Lipinski definition) is 1. The monoisotopic (exact) mass is 481 g/mol. The molecule has 0 bridgehead atoms. The molecule has 1 heterocycles. The lowest BCUT2D eigenvalue weighted by Crippen LogP contribution is -2.08. The summed E-state index contributed by atoms with van der Waals surface area (Å²) in [5, 5.41) is 3.93. The number of methoxy groups -OCH3 is 1. The minimum atomic E-state index is 0.442. The molecule has 4 nitrogen and oxygen atoms in total. The van der Waals surface area contributed by atoms with E-state index in [2.05, 4.69) is 53.8 Å². The van der Waals surface area contributed by atoms with Crippen molar-refractivity contribution >= 4 is 55.9 Å². The molecule has 1 aromatic carbocycles. The molecule has 0 spiro atoms. The van der Waals surface area contributed by atoms with Crippen LogP contribution in [0.1, 0.15) is 12.6 Å². The summed E-state index contributed by atoms with van der Waals surface area (Å²) in [4.78, 5) is 9.22. The van der Waals surface area contributed by atoms with E-state index in [1.807, 2.05) is 25.1 Å². The van der Waals surface area contributed by atoms with Crippen molar-refractivity contribution in [3.05, 3.63) is 37.0 Å². The van der Waals surface area contributed by atoms with Crippen molar-refractivity contribution in [1.82, 2.24) is 9.97 Å². The van der Waals surface area contributed by atoms with Crippen molar-refractivity contribution < 1.29 is 4.74 Å². The van der Waals surface area contributed by atoms with Crippen LogP contribution in [0, 0.1) is 3.57 Å². The van der Waals surface area contributed by atoms with Crippen LogP contribution in [0.15, 0.2) is 22.7 Å². The van der Waals surface area contributed by atoms with Gasteiger partial charge in [-0.25, -0.2) is 9.97 Å². The second-order valence-electron chi connectivity index (χ2n) is 4.24. The lowest BCUT2D eigenvalue weighted by Gasteiger charge is -2.12. The summed E-state index contributed by atoms with van der Waals surface area (Å²) < 4.78 is 7.07. The summed E-state index contributed by atoms with van der Waals surface area (Å²) in [5.74, 6) is 1.46. The molecule has 0 aliphatic rings. The molecule has 0 atom stereocenters.